The number of hydrogen-bond acceptors (Lipinski definition) is 2. The van der Waals surface area contributed by atoms with Crippen molar-refractivity contribution in [1.29, 1.82) is 0 Å². The van der Waals surface area contributed by atoms with Crippen LogP contribution in [0.5, 0.6) is 0 Å². The summed E-state index contributed by atoms with van der Waals surface area (Å²) in [5.41, 5.74) is 1.06. The second-order valence-corrected chi connectivity index (χ2v) is 3.71. The third-order valence-corrected chi connectivity index (χ3v) is 2.50. The van der Waals surface area contributed by atoms with Crippen LogP contribution in [0.15, 0.2) is 24.3 Å². The number of hydrogen-bond donors (Lipinski definition) is 1. The van der Waals surface area contributed by atoms with Gasteiger partial charge in [-0.1, -0.05) is 29.8 Å². The Bertz CT molecular complexity index is 276. The fraction of sp³-hybridized carbons (Fsp3) is 0.455. The van der Waals surface area contributed by atoms with Crippen LogP contribution in [0.3, 0.4) is 0 Å². The van der Waals surface area contributed by atoms with Crippen LogP contribution in [-0.2, 0) is 11.2 Å². The molecule has 78 valence electrons. The van der Waals surface area contributed by atoms with Crippen LogP contribution >= 0.6 is 11.6 Å². The van der Waals surface area contributed by atoms with Gasteiger partial charge in [0.05, 0.1) is 6.61 Å². The summed E-state index contributed by atoms with van der Waals surface area (Å²) in [6.45, 7) is 0.681. The summed E-state index contributed by atoms with van der Waals surface area (Å²) in [6, 6.07) is 7.68. The van der Waals surface area contributed by atoms with Crippen molar-refractivity contribution in [1.82, 2.24) is 0 Å². The second-order valence-electron chi connectivity index (χ2n) is 3.30. The molecule has 0 bridgehead atoms. The number of halogens is 1. The van der Waals surface area contributed by atoms with E-state index in [1.54, 1.807) is 7.11 Å². The van der Waals surface area contributed by atoms with Gasteiger partial charge in [-0.05, 0) is 18.1 Å². The summed E-state index contributed by atoms with van der Waals surface area (Å²) in [4.78, 5) is 0. The summed E-state index contributed by atoms with van der Waals surface area (Å²) < 4.78 is 5.00. The molecule has 0 aliphatic heterocycles. The van der Waals surface area contributed by atoms with E-state index in [-0.39, 0.29) is 12.5 Å². The summed E-state index contributed by atoms with van der Waals surface area (Å²) in [7, 11) is 1.63. The molecule has 14 heavy (non-hydrogen) atoms. The molecule has 0 amide bonds. The van der Waals surface area contributed by atoms with Gasteiger partial charge in [0.2, 0.25) is 0 Å². The first-order valence-electron chi connectivity index (χ1n) is 4.61. The Balaban J connectivity index is 2.62. The molecular formula is C11H15ClO2. The third kappa shape index (κ3) is 3.29. The fourth-order valence-corrected chi connectivity index (χ4v) is 1.60. The highest BCUT2D eigenvalue weighted by Gasteiger charge is 2.09. The van der Waals surface area contributed by atoms with Crippen LogP contribution < -0.4 is 0 Å². The van der Waals surface area contributed by atoms with Gasteiger partial charge in [-0.15, -0.1) is 0 Å². The van der Waals surface area contributed by atoms with E-state index in [0.29, 0.717) is 6.61 Å². The molecule has 1 N–H and O–H groups in total. The van der Waals surface area contributed by atoms with E-state index in [0.717, 1.165) is 17.0 Å². The highest BCUT2D eigenvalue weighted by atomic mass is 35.5. The molecule has 1 unspecified atom stereocenters. The van der Waals surface area contributed by atoms with E-state index in [1.165, 1.54) is 0 Å². The summed E-state index contributed by atoms with van der Waals surface area (Å²) in [5.74, 6) is 0.125. The van der Waals surface area contributed by atoms with Crippen molar-refractivity contribution in [3.05, 3.63) is 34.9 Å². The highest BCUT2D eigenvalue weighted by Crippen LogP contribution is 2.18. The van der Waals surface area contributed by atoms with E-state index in [1.807, 2.05) is 24.3 Å². The molecule has 0 fully saturated rings. The minimum absolute atomic E-state index is 0.124. The van der Waals surface area contributed by atoms with E-state index in [4.69, 9.17) is 21.4 Å². The molecule has 0 saturated heterocycles. The molecule has 1 rings (SSSR count). The molecule has 0 aromatic heterocycles. The van der Waals surface area contributed by atoms with Crippen molar-refractivity contribution in [3.63, 3.8) is 0 Å². The quantitative estimate of drug-likeness (QED) is 0.814. The molecule has 0 aliphatic carbocycles. The zero-order valence-corrected chi connectivity index (χ0v) is 9.00. The number of aliphatic hydroxyl groups excluding tert-OH is 1. The van der Waals surface area contributed by atoms with Gasteiger partial charge >= 0.3 is 0 Å². The van der Waals surface area contributed by atoms with E-state index < -0.39 is 0 Å². The van der Waals surface area contributed by atoms with Crippen LogP contribution in [0, 0.1) is 5.92 Å². The van der Waals surface area contributed by atoms with Gasteiger partial charge in [0.15, 0.2) is 0 Å². The average Bonchev–Trinajstić information content (AvgIpc) is 2.20. The van der Waals surface area contributed by atoms with Crippen molar-refractivity contribution in [2.24, 2.45) is 5.92 Å². The Kier molecular flexibility index (Phi) is 4.94. The minimum Gasteiger partial charge on any atom is -0.396 e. The van der Waals surface area contributed by atoms with Gasteiger partial charge in [-0.2, -0.15) is 0 Å². The fourth-order valence-electron chi connectivity index (χ4n) is 1.39. The van der Waals surface area contributed by atoms with Crippen LogP contribution in [0.4, 0.5) is 0 Å². The second kappa shape index (κ2) is 6.02. The molecule has 0 heterocycles. The zero-order chi connectivity index (χ0) is 10.4. The van der Waals surface area contributed by atoms with E-state index in [9.17, 15) is 0 Å². The minimum atomic E-state index is 0.124. The first-order chi connectivity index (χ1) is 6.77. The van der Waals surface area contributed by atoms with Gasteiger partial charge in [0.1, 0.15) is 0 Å². The lowest BCUT2D eigenvalue weighted by atomic mass is 10.0. The van der Waals surface area contributed by atoms with Gasteiger partial charge in [-0.3, -0.25) is 0 Å². The maximum atomic E-state index is 9.09. The highest BCUT2D eigenvalue weighted by molar-refractivity contribution is 6.31. The van der Waals surface area contributed by atoms with Crippen LogP contribution in [0.1, 0.15) is 5.56 Å². The smallest absolute Gasteiger partial charge is 0.0515 e. The molecule has 1 aromatic carbocycles. The maximum Gasteiger partial charge on any atom is 0.0515 e. The van der Waals surface area contributed by atoms with Gasteiger partial charge in [0, 0.05) is 24.7 Å². The average molecular weight is 215 g/mol. The Labute approximate surface area is 89.5 Å². The number of rotatable bonds is 5. The number of ether oxygens (including phenoxy) is 1. The topological polar surface area (TPSA) is 29.5 Å². The van der Waals surface area contributed by atoms with Crippen LogP contribution in [0.2, 0.25) is 5.02 Å². The lowest BCUT2D eigenvalue weighted by Gasteiger charge is -2.13. The molecule has 0 spiro atoms. The molecule has 1 aromatic rings. The monoisotopic (exact) mass is 214 g/mol. The normalized spacial score (nSPS) is 12.8. The molecule has 1 atom stereocenters. The largest absolute Gasteiger partial charge is 0.396 e. The Morgan fingerprint density at radius 1 is 1.43 bits per heavy atom. The van der Waals surface area contributed by atoms with Gasteiger partial charge in [-0.25, -0.2) is 0 Å². The van der Waals surface area contributed by atoms with Crippen LogP contribution in [0.25, 0.3) is 0 Å². The number of methoxy groups -OCH3 is 1. The van der Waals surface area contributed by atoms with E-state index in [2.05, 4.69) is 0 Å². The SMILES string of the molecule is COCC(CO)Cc1ccccc1Cl. The molecule has 0 saturated carbocycles. The van der Waals surface area contributed by atoms with E-state index >= 15 is 0 Å². The molecule has 2 nitrogen and oxygen atoms in total. The first kappa shape index (κ1) is 11.5. The first-order valence-corrected chi connectivity index (χ1v) is 4.99. The predicted octanol–water partition coefficient (Wildman–Crippen LogP) is 2.14. The lowest BCUT2D eigenvalue weighted by Crippen LogP contribution is -2.15. The Hall–Kier alpha value is -0.570. The van der Waals surface area contributed by atoms with Crippen molar-refractivity contribution in [2.45, 2.75) is 6.42 Å². The molecular weight excluding hydrogens is 200 g/mol. The van der Waals surface area contributed by atoms with Crippen molar-refractivity contribution in [2.75, 3.05) is 20.3 Å². The van der Waals surface area contributed by atoms with Gasteiger partial charge < -0.3 is 9.84 Å². The molecule has 0 radical (unpaired) electrons. The van der Waals surface area contributed by atoms with Crippen LogP contribution in [-0.4, -0.2) is 25.4 Å². The summed E-state index contributed by atoms with van der Waals surface area (Å²) in [6.07, 6.45) is 0.754. The number of aliphatic hydroxyl groups is 1. The van der Waals surface area contributed by atoms with Crippen molar-refractivity contribution >= 4 is 11.6 Å². The van der Waals surface area contributed by atoms with Crippen molar-refractivity contribution < 1.29 is 9.84 Å². The van der Waals surface area contributed by atoms with Gasteiger partial charge in [0.25, 0.3) is 0 Å². The Morgan fingerprint density at radius 3 is 2.71 bits per heavy atom. The number of benzene rings is 1. The molecule has 3 heteroatoms. The Morgan fingerprint density at radius 2 is 2.14 bits per heavy atom. The predicted molar refractivity (Wildman–Crippen MR) is 57.6 cm³/mol. The lowest BCUT2D eigenvalue weighted by molar-refractivity contribution is 0.110. The molecule has 0 aliphatic rings. The standard InChI is InChI=1S/C11H15ClO2/c1-14-8-9(7-13)6-10-4-2-3-5-11(10)12/h2-5,9,13H,6-8H2,1H3. The summed E-state index contributed by atoms with van der Waals surface area (Å²) >= 11 is 6.00. The zero-order valence-electron chi connectivity index (χ0n) is 8.24. The van der Waals surface area contributed by atoms with Crippen molar-refractivity contribution in [3.8, 4) is 0 Å². The third-order valence-electron chi connectivity index (χ3n) is 2.13. The summed E-state index contributed by atoms with van der Waals surface area (Å²) in [5, 5.41) is 9.84. The maximum absolute atomic E-state index is 9.09.